The highest BCUT2D eigenvalue weighted by Crippen LogP contribution is 1.69. The second-order valence-corrected chi connectivity index (χ2v) is 1.12. The molecule has 0 fully saturated rings. The van der Waals surface area contributed by atoms with Crippen LogP contribution in [0.5, 0.6) is 0 Å². The lowest BCUT2D eigenvalue weighted by Crippen LogP contribution is -1.68. The van der Waals surface area contributed by atoms with Gasteiger partial charge >= 0.3 is 0 Å². The molecular formula is C4H6NOP. The normalized spacial score (nSPS) is 5.86. The molecule has 38 valence electrons. The van der Waals surface area contributed by atoms with Crippen LogP contribution in [0.4, 0.5) is 0 Å². The van der Waals surface area contributed by atoms with Gasteiger partial charge in [-0.2, -0.15) is 0 Å². The van der Waals surface area contributed by atoms with Crippen LogP contribution in [-0.2, 0) is 4.74 Å². The lowest BCUT2D eigenvalue weighted by atomic mass is 10.7. The van der Waals surface area contributed by atoms with Crippen LogP contribution in [0.15, 0.2) is 4.74 Å². The van der Waals surface area contributed by atoms with Crippen molar-refractivity contribution in [3.63, 3.8) is 0 Å². The summed E-state index contributed by atoms with van der Waals surface area (Å²) < 4.78 is 7.93. The molecule has 0 atom stereocenters. The van der Waals surface area contributed by atoms with Gasteiger partial charge in [0.15, 0.2) is 0 Å². The smallest absolute Gasteiger partial charge is 0.111 e. The Morgan fingerprint density at radius 2 is 2.57 bits per heavy atom. The third-order valence-corrected chi connectivity index (χ3v) is 0.490. The van der Waals surface area contributed by atoms with Crippen molar-refractivity contribution in [2.75, 3.05) is 13.7 Å². The highest BCUT2D eigenvalue weighted by atomic mass is 31.0. The van der Waals surface area contributed by atoms with Crippen LogP contribution >= 0.6 is 9.03 Å². The monoisotopic (exact) mass is 115 g/mol. The van der Waals surface area contributed by atoms with Crippen molar-refractivity contribution in [3.8, 4) is 12.0 Å². The zero-order chi connectivity index (χ0) is 5.54. The van der Waals surface area contributed by atoms with Crippen LogP contribution < -0.4 is 0 Å². The minimum Gasteiger partial charge on any atom is -0.450 e. The molecule has 0 aliphatic heterocycles. The van der Waals surface area contributed by atoms with Gasteiger partial charge in [-0.1, -0.05) is 0 Å². The van der Waals surface area contributed by atoms with E-state index >= 15 is 0 Å². The number of hydrogen-bond acceptors (Lipinski definition) is 2. The summed E-state index contributed by atoms with van der Waals surface area (Å²) in [6.07, 6.45) is 2.37. The Bertz CT molecular complexity index is 102. The predicted octanol–water partition coefficient (Wildman–Crippen LogP) is 0.920. The molecule has 0 saturated heterocycles. The van der Waals surface area contributed by atoms with E-state index in [1.807, 2.05) is 0 Å². The fourth-order valence-corrected chi connectivity index (χ4v) is 0.223. The SMILES string of the molecule is COC#CCN=P. The van der Waals surface area contributed by atoms with Crippen molar-refractivity contribution in [3.05, 3.63) is 0 Å². The van der Waals surface area contributed by atoms with Crippen molar-refractivity contribution >= 4 is 9.03 Å². The van der Waals surface area contributed by atoms with E-state index in [1.165, 1.54) is 7.11 Å². The summed E-state index contributed by atoms with van der Waals surface area (Å²) in [5.41, 5.74) is 0. The molecule has 0 aromatic carbocycles. The molecule has 2 nitrogen and oxygen atoms in total. The zero-order valence-corrected chi connectivity index (χ0v) is 5.06. The molecule has 0 aromatic rings. The van der Waals surface area contributed by atoms with Gasteiger partial charge in [-0.05, 0) is 15.0 Å². The molecule has 0 heterocycles. The summed E-state index contributed by atoms with van der Waals surface area (Å²) >= 11 is 0. The van der Waals surface area contributed by atoms with Gasteiger partial charge < -0.3 is 4.74 Å². The average molecular weight is 115 g/mol. The van der Waals surface area contributed by atoms with Crippen LogP contribution in [0.3, 0.4) is 0 Å². The van der Waals surface area contributed by atoms with E-state index in [-0.39, 0.29) is 0 Å². The van der Waals surface area contributed by atoms with Crippen molar-refractivity contribution in [1.29, 1.82) is 0 Å². The van der Waals surface area contributed by atoms with Gasteiger partial charge in [0, 0.05) is 0 Å². The Morgan fingerprint density at radius 1 is 1.86 bits per heavy atom. The van der Waals surface area contributed by atoms with Crippen LogP contribution in [0.2, 0.25) is 0 Å². The van der Waals surface area contributed by atoms with Crippen LogP contribution in [0.25, 0.3) is 0 Å². The summed E-state index contributed by atoms with van der Waals surface area (Å²) in [6, 6.07) is 0. The van der Waals surface area contributed by atoms with E-state index in [9.17, 15) is 0 Å². The molecule has 0 amide bonds. The first kappa shape index (κ1) is 6.46. The molecule has 0 saturated carbocycles. The average Bonchev–Trinajstić information content (AvgIpc) is 1.69. The molecule has 0 aliphatic carbocycles. The number of nitrogens with zero attached hydrogens (tertiary/aromatic N) is 1. The summed E-state index contributed by atoms with van der Waals surface area (Å²) in [5.74, 6) is 2.60. The first-order valence-corrected chi connectivity index (χ1v) is 2.20. The fourth-order valence-electron chi connectivity index (χ4n) is 0.144. The lowest BCUT2D eigenvalue weighted by Gasteiger charge is -1.73. The molecule has 7 heavy (non-hydrogen) atoms. The van der Waals surface area contributed by atoms with E-state index in [0.29, 0.717) is 6.54 Å². The Kier molecular flexibility index (Phi) is 5.04. The second-order valence-electron chi connectivity index (χ2n) is 0.799. The summed E-state index contributed by atoms with van der Waals surface area (Å²) in [5, 5.41) is 0. The molecule has 0 radical (unpaired) electrons. The van der Waals surface area contributed by atoms with E-state index < -0.39 is 0 Å². The van der Waals surface area contributed by atoms with E-state index in [0.717, 1.165) is 0 Å². The zero-order valence-electron chi connectivity index (χ0n) is 4.06. The minimum atomic E-state index is 0.477. The van der Waals surface area contributed by atoms with Crippen molar-refractivity contribution < 1.29 is 4.74 Å². The largest absolute Gasteiger partial charge is 0.450 e. The van der Waals surface area contributed by atoms with Crippen molar-refractivity contribution in [1.82, 2.24) is 0 Å². The summed E-state index contributed by atoms with van der Waals surface area (Å²) in [6.45, 7) is 0.477. The first-order chi connectivity index (χ1) is 3.41. The van der Waals surface area contributed by atoms with Crippen LogP contribution in [0.1, 0.15) is 0 Å². The van der Waals surface area contributed by atoms with Gasteiger partial charge in [-0.15, -0.1) is 0 Å². The maximum Gasteiger partial charge on any atom is 0.111 e. The van der Waals surface area contributed by atoms with E-state index in [4.69, 9.17) is 0 Å². The third-order valence-electron chi connectivity index (χ3n) is 0.332. The van der Waals surface area contributed by atoms with Gasteiger partial charge in [0.25, 0.3) is 0 Å². The topological polar surface area (TPSA) is 21.6 Å². The van der Waals surface area contributed by atoms with Gasteiger partial charge in [0.2, 0.25) is 0 Å². The summed E-state index contributed by atoms with van der Waals surface area (Å²) in [4.78, 5) is 0. The standard InChI is InChI=1S/C4H6NOP/c1-6-4-2-3-5-7/h7H,3H2,1H3. The minimum absolute atomic E-state index is 0.477. The van der Waals surface area contributed by atoms with E-state index in [1.54, 1.807) is 0 Å². The Labute approximate surface area is 45.2 Å². The van der Waals surface area contributed by atoms with Crippen LogP contribution in [-0.4, -0.2) is 13.7 Å². The maximum atomic E-state index is 4.40. The molecule has 0 N–H and O–H groups in total. The van der Waals surface area contributed by atoms with Crippen molar-refractivity contribution in [2.24, 2.45) is 4.74 Å². The summed E-state index contributed by atoms with van der Waals surface area (Å²) in [7, 11) is 4.40. The molecule has 0 aliphatic rings. The fraction of sp³-hybridized carbons (Fsp3) is 0.500. The number of rotatable bonds is 1. The molecule has 3 heteroatoms. The van der Waals surface area contributed by atoms with E-state index in [2.05, 4.69) is 30.5 Å². The number of ether oxygens (including phenoxy) is 1. The number of methoxy groups -OCH3 is 1. The molecule has 0 aromatic heterocycles. The molecule has 0 bridgehead atoms. The Morgan fingerprint density at radius 3 is 3.00 bits per heavy atom. The molecular weight excluding hydrogens is 109 g/mol. The Balaban J connectivity index is 3.06. The number of hydrogen-bond donors (Lipinski definition) is 0. The predicted molar refractivity (Wildman–Crippen MR) is 30.4 cm³/mol. The quantitative estimate of drug-likeness (QED) is 0.368. The third kappa shape index (κ3) is 5.46. The van der Waals surface area contributed by atoms with Crippen LogP contribution in [0, 0.1) is 12.0 Å². The van der Waals surface area contributed by atoms with Gasteiger partial charge in [0.05, 0.1) is 7.11 Å². The van der Waals surface area contributed by atoms with Gasteiger partial charge in [-0.3, -0.25) is 4.74 Å². The highest BCUT2D eigenvalue weighted by molar-refractivity contribution is 7.03. The van der Waals surface area contributed by atoms with Crippen molar-refractivity contribution in [2.45, 2.75) is 0 Å². The molecule has 0 rings (SSSR count). The Hall–Kier alpha value is -0.540. The first-order valence-electron chi connectivity index (χ1n) is 1.76. The second kappa shape index (κ2) is 5.46. The molecule has 0 unspecified atom stereocenters. The van der Waals surface area contributed by atoms with Gasteiger partial charge in [-0.25, -0.2) is 0 Å². The highest BCUT2D eigenvalue weighted by Gasteiger charge is 1.60. The maximum absolute atomic E-state index is 4.40. The van der Waals surface area contributed by atoms with Gasteiger partial charge in [0.1, 0.15) is 12.7 Å². The molecule has 0 spiro atoms. The lowest BCUT2D eigenvalue weighted by molar-refractivity contribution is 0.372.